The van der Waals surface area contributed by atoms with Crippen LogP contribution in [-0.4, -0.2) is 28.4 Å². The minimum atomic E-state index is -0.250. The number of hydrogen-bond acceptors (Lipinski definition) is 4. The molecular formula is C15H17NO3S. The van der Waals surface area contributed by atoms with Crippen LogP contribution in [0.15, 0.2) is 11.4 Å². The Balaban J connectivity index is 2.16. The highest BCUT2D eigenvalue weighted by Gasteiger charge is 2.37. The molecule has 2 heterocycles. The summed E-state index contributed by atoms with van der Waals surface area (Å²) >= 11 is 1.47. The molecule has 1 aliphatic rings. The molecule has 0 unspecified atom stereocenters. The number of nitrogens with zero attached hydrogens (tertiary/aromatic N) is 1. The van der Waals surface area contributed by atoms with Gasteiger partial charge in [0.15, 0.2) is 0 Å². The smallest absolute Gasteiger partial charge is 0.230 e. The summed E-state index contributed by atoms with van der Waals surface area (Å²) in [5.74, 6) is 5.18. The first kappa shape index (κ1) is 14.8. The van der Waals surface area contributed by atoms with E-state index in [1.54, 1.807) is 0 Å². The first-order chi connectivity index (χ1) is 9.43. The number of amides is 2. The number of hydrogen-bond donors (Lipinski definition) is 1. The van der Waals surface area contributed by atoms with Crippen LogP contribution in [-0.2, 0) is 16.1 Å². The van der Waals surface area contributed by atoms with Crippen LogP contribution in [0, 0.1) is 17.3 Å². The van der Waals surface area contributed by atoms with E-state index in [0.717, 1.165) is 10.4 Å². The molecule has 1 aromatic heterocycles. The van der Waals surface area contributed by atoms with Crippen molar-refractivity contribution in [3.8, 4) is 11.8 Å². The summed E-state index contributed by atoms with van der Waals surface area (Å²) in [6.07, 6.45) is 0.781. The molecular weight excluding hydrogens is 274 g/mol. The predicted molar refractivity (Wildman–Crippen MR) is 76.9 cm³/mol. The fraction of sp³-hybridized carbons (Fsp3) is 0.467. The summed E-state index contributed by atoms with van der Waals surface area (Å²) in [6.45, 7) is 3.94. The van der Waals surface area contributed by atoms with Gasteiger partial charge in [0.1, 0.15) is 6.61 Å². The Morgan fingerprint density at radius 2 is 2.00 bits per heavy atom. The Bertz CT molecular complexity index is 572. The Hall–Kier alpha value is -1.64. The highest BCUT2D eigenvalue weighted by molar-refractivity contribution is 7.10. The Kier molecular flexibility index (Phi) is 4.26. The predicted octanol–water partition coefficient (Wildman–Crippen LogP) is 1.77. The summed E-state index contributed by atoms with van der Waals surface area (Å²) in [5, 5.41) is 10.6. The van der Waals surface area contributed by atoms with Gasteiger partial charge in [0, 0.05) is 23.3 Å². The molecule has 0 aromatic carbocycles. The standard InChI is InChI=1S/C15H17NO3S/c1-15(2)8-13(18)16(14(19)9-15)10-12-11(4-3-6-17)5-7-20-12/h5,7,17H,6,8-10H2,1-2H3. The third-order valence-electron chi connectivity index (χ3n) is 3.21. The summed E-state index contributed by atoms with van der Waals surface area (Å²) in [5.41, 5.74) is 0.522. The van der Waals surface area contributed by atoms with Crippen LogP contribution in [0.1, 0.15) is 37.1 Å². The number of rotatable bonds is 2. The van der Waals surface area contributed by atoms with Crippen molar-refractivity contribution < 1.29 is 14.7 Å². The van der Waals surface area contributed by atoms with E-state index in [0.29, 0.717) is 12.8 Å². The summed E-state index contributed by atoms with van der Waals surface area (Å²) < 4.78 is 0. The molecule has 0 radical (unpaired) electrons. The van der Waals surface area contributed by atoms with Crippen LogP contribution >= 0.6 is 11.3 Å². The number of aliphatic hydroxyl groups is 1. The maximum atomic E-state index is 12.1. The summed E-state index contributed by atoms with van der Waals surface area (Å²) in [7, 11) is 0. The Morgan fingerprint density at radius 1 is 1.35 bits per heavy atom. The molecule has 1 saturated heterocycles. The normalized spacial score (nSPS) is 17.9. The molecule has 0 atom stereocenters. The van der Waals surface area contributed by atoms with E-state index in [-0.39, 0.29) is 30.4 Å². The molecule has 0 saturated carbocycles. The molecule has 0 spiro atoms. The molecule has 20 heavy (non-hydrogen) atoms. The second kappa shape index (κ2) is 5.78. The number of piperidine rings is 1. The molecule has 1 aliphatic heterocycles. The van der Waals surface area contributed by atoms with Crippen molar-refractivity contribution in [3.05, 3.63) is 21.9 Å². The van der Waals surface area contributed by atoms with Crippen molar-refractivity contribution >= 4 is 23.2 Å². The molecule has 2 amide bonds. The molecule has 4 nitrogen and oxygen atoms in total. The molecule has 0 aliphatic carbocycles. The van der Waals surface area contributed by atoms with Gasteiger partial charge in [0.25, 0.3) is 0 Å². The van der Waals surface area contributed by atoms with Gasteiger partial charge in [-0.1, -0.05) is 25.7 Å². The van der Waals surface area contributed by atoms with E-state index >= 15 is 0 Å². The Morgan fingerprint density at radius 3 is 2.60 bits per heavy atom. The van der Waals surface area contributed by atoms with Gasteiger partial charge < -0.3 is 5.11 Å². The topological polar surface area (TPSA) is 57.6 Å². The van der Waals surface area contributed by atoms with Crippen molar-refractivity contribution in [3.63, 3.8) is 0 Å². The molecule has 0 bridgehead atoms. The average molecular weight is 291 g/mol. The van der Waals surface area contributed by atoms with Crippen LogP contribution in [0.25, 0.3) is 0 Å². The zero-order valence-corrected chi connectivity index (χ0v) is 12.4. The van der Waals surface area contributed by atoms with Crippen LogP contribution in [0.2, 0.25) is 0 Å². The quantitative estimate of drug-likeness (QED) is 0.667. The van der Waals surface area contributed by atoms with E-state index in [4.69, 9.17) is 5.11 Å². The van der Waals surface area contributed by atoms with E-state index in [1.807, 2.05) is 25.3 Å². The van der Waals surface area contributed by atoms with Gasteiger partial charge in [-0.3, -0.25) is 14.5 Å². The highest BCUT2D eigenvalue weighted by Crippen LogP contribution is 2.32. The van der Waals surface area contributed by atoms with E-state index in [2.05, 4.69) is 11.8 Å². The van der Waals surface area contributed by atoms with Gasteiger partial charge in [-0.05, 0) is 16.9 Å². The van der Waals surface area contributed by atoms with Crippen molar-refractivity contribution in [1.82, 2.24) is 4.90 Å². The average Bonchev–Trinajstić information content (AvgIpc) is 2.77. The van der Waals surface area contributed by atoms with Crippen molar-refractivity contribution in [2.45, 2.75) is 33.2 Å². The van der Waals surface area contributed by atoms with Gasteiger partial charge in [0.2, 0.25) is 11.8 Å². The lowest BCUT2D eigenvalue weighted by Crippen LogP contribution is -2.45. The zero-order valence-electron chi connectivity index (χ0n) is 11.6. The van der Waals surface area contributed by atoms with Gasteiger partial charge >= 0.3 is 0 Å². The molecule has 1 fully saturated rings. The lowest BCUT2D eigenvalue weighted by molar-refractivity contribution is -0.153. The summed E-state index contributed by atoms with van der Waals surface area (Å²) in [6, 6.07) is 1.84. The molecule has 1 N–H and O–H groups in total. The zero-order chi connectivity index (χ0) is 14.8. The fourth-order valence-corrected chi connectivity index (χ4v) is 3.06. The molecule has 5 heteroatoms. The second-order valence-electron chi connectivity index (χ2n) is 5.61. The van der Waals surface area contributed by atoms with E-state index in [9.17, 15) is 9.59 Å². The number of carbonyl (C=O) groups is 2. The minimum Gasteiger partial charge on any atom is -0.384 e. The number of carbonyl (C=O) groups excluding carboxylic acids is 2. The van der Waals surface area contributed by atoms with Gasteiger partial charge in [-0.2, -0.15) is 0 Å². The highest BCUT2D eigenvalue weighted by atomic mass is 32.1. The second-order valence-corrected chi connectivity index (χ2v) is 6.61. The molecule has 1 aromatic rings. The maximum Gasteiger partial charge on any atom is 0.230 e. The summed E-state index contributed by atoms with van der Waals surface area (Å²) in [4.78, 5) is 26.4. The number of aliphatic hydroxyl groups excluding tert-OH is 1. The maximum absolute atomic E-state index is 12.1. The molecule has 106 valence electrons. The molecule has 2 rings (SSSR count). The van der Waals surface area contributed by atoms with Crippen molar-refractivity contribution in [2.24, 2.45) is 5.41 Å². The largest absolute Gasteiger partial charge is 0.384 e. The first-order valence-electron chi connectivity index (χ1n) is 6.42. The van der Waals surface area contributed by atoms with Gasteiger partial charge in [-0.15, -0.1) is 11.3 Å². The van der Waals surface area contributed by atoms with Crippen molar-refractivity contribution in [2.75, 3.05) is 6.61 Å². The minimum absolute atomic E-state index is 0.124. The monoisotopic (exact) mass is 291 g/mol. The number of imide groups is 1. The van der Waals surface area contributed by atoms with Crippen LogP contribution in [0.4, 0.5) is 0 Å². The van der Waals surface area contributed by atoms with Gasteiger partial charge in [-0.25, -0.2) is 0 Å². The Labute approximate surface area is 122 Å². The number of thiophene rings is 1. The van der Waals surface area contributed by atoms with Crippen LogP contribution < -0.4 is 0 Å². The van der Waals surface area contributed by atoms with Crippen LogP contribution in [0.3, 0.4) is 0 Å². The lowest BCUT2D eigenvalue weighted by Gasteiger charge is -2.34. The lowest BCUT2D eigenvalue weighted by atomic mass is 9.82. The SMILES string of the molecule is CC1(C)CC(=O)N(Cc2sccc2C#CCO)C(=O)C1. The number of likely N-dealkylation sites (tertiary alicyclic amines) is 1. The van der Waals surface area contributed by atoms with Crippen LogP contribution in [0.5, 0.6) is 0 Å². The van der Waals surface area contributed by atoms with E-state index in [1.165, 1.54) is 16.2 Å². The fourth-order valence-electron chi connectivity index (χ4n) is 2.24. The van der Waals surface area contributed by atoms with Crippen molar-refractivity contribution in [1.29, 1.82) is 0 Å². The van der Waals surface area contributed by atoms with E-state index < -0.39 is 0 Å². The van der Waals surface area contributed by atoms with Gasteiger partial charge in [0.05, 0.1) is 6.54 Å². The third kappa shape index (κ3) is 3.27. The first-order valence-corrected chi connectivity index (χ1v) is 7.30. The third-order valence-corrected chi connectivity index (χ3v) is 4.12.